The zero-order valence-corrected chi connectivity index (χ0v) is 10.4. The average Bonchev–Trinajstić information content (AvgIpc) is 2.26. The van der Waals surface area contributed by atoms with E-state index >= 15 is 0 Å². The maximum atomic E-state index is 8.43. The molecule has 0 aliphatic carbocycles. The highest BCUT2D eigenvalue weighted by Gasteiger charge is 1.91. The molecule has 1 N–H and O–H groups in total. The molecule has 0 aromatic carbocycles. The Morgan fingerprint density at radius 1 is 0.733 bits per heavy atom. The van der Waals surface area contributed by atoms with Crippen LogP contribution in [0.2, 0.25) is 0 Å². The van der Waals surface area contributed by atoms with Crippen molar-refractivity contribution in [2.45, 2.75) is 57.8 Å². The molecule has 0 radical (unpaired) electrons. The van der Waals surface area contributed by atoms with Crippen molar-refractivity contribution in [3.05, 3.63) is 0 Å². The van der Waals surface area contributed by atoms with Crippen LogP contribution in [-0.4, -0.2) is 17.6 Å². The first kappa shape index (κ1) is 14.8. The largest absolute Gasteiger partial charge is 0.384 e. The zero-order valence-electron chi connectivity index (χ0n) is 9.60. The van der Waals surface area contributed by atoms with E-state index in [2.05, 4.69) is 11.8 Å². The maximum Gasteiger partial charge on any atom is 0.104 e. The van der Waals surface area contributed by atoms with Gasteiger partial charge in [0, 0.05) is 12.3 Å². The normalized spacial score (nSPS) is 9.73. The topological polar surface area (TPSA) is 20.2 Å². The van der Waals surface area contributed by atoms with Crippen molar-refractivity contribution in [2.75, 3.05) is 12.5 Å². The van der Waals surface area contributed by atoms with Crippen LogP contribution in [0.1, 0.15) is 57.8 Å². The number of halogens is 1. The Labute approximate surface area is 99.2 Å². The molecule has 0 atom stereocenters. The predicted octanol–water partition coefficient (Wildman–Crippen LogP) is 3.73. The first-order valence-electron chi connectivity index (χ1n) is 6.04. The minimum absolute atomic E-state index is 0.000567. The van der Waals surface area contributed by atoms with E-state index in [1.54, 1.807) is 0 Å². The first-order chi connectivity index (χ1) is 7.41. The Hall–Kier alpha value is -0.190. The van der Waals surface area contributed by atoms with Crippen molar-refractivity contribution in [2.24, 2.45) is 0 Å². The van der Waals surface area contributed by atoms with Crippen LogP contribution < -0.4 is 0 Å². The molecule has 0 spiro atoms. The summed E-state index contributed by atoms with van der Waals surface area (Å²) in [6, 6.07) is 0. The van der Waals surface area contributed by atoms with Crippen LogP contribution in [0.5, 0.6) is 0 Å². The Bertz CT molecular complexity index is 169. The van der Waals surface area contributed by atoms with E-state index in [-0.39, 0.29) is 6.61 Å². The summed E-state index contributed by atoms with van der Waals surface area (Å²) in [7, 11) is 0. The molecule has 0 aliphatic rings. The molecule has 15 heavy (non-hydrogen) atoms. The number of hydrogen-bond donors (Lipinski definition) is 1. The lowest BCUT2D eigenvalue weighted by Gasteiger charge is -1.99. The molecule has 0 unspecified atom stereocenters. The van der Waals surface area contributed by atoms with Crippen molar-refractivity contribution in [3.8, 4) is 11.8 Å². The monoisotopic (exact) mass is 230 g/mol. The van der Waals surface area contributed by atoms with Crippen molar-refractivity contribution < 1.29 is 5.11 Å². The number of hydrogen-bond acceptors (Lipinski definition) is 1. The second-order valence-corrected chi connectivity index (χ2v) is 4.16. The summed E-state index contributed by atoms with van der Waals surface area (Å²) in [6.45, 7) is 0.000567. The molecule has 0 aliphatic heterocycles. The summed E-state index contributed by atoms with van der Waals surface area (Å²) in [6.07, 6.45) is 11.2. The third kappa shape index (κ3) is 13.8. The molecular formula is C13H23ClO. The van der Waals surface area contributed by atoms with Crippen LogP contribution >= 0.6 is 11.6 Å². The van der Waals surface area contributed by atoms with Gasteiger partial charge in [-0.3, -0.25) is 0 Å². The number of rotatable bonds is 9. The highest BCUT2D eigenvalue weighted by atomic mass is 35.5. The molecule has 0 rings (SSSR count). The van der Waals surface area contributed by atoms with E-state index in [9.17, 15) is 0 Å². The van der Waals surface area contributed by atoms with Crippen molar-refractivity contribution in [1.82, 2.24) is 0 Å². The molecule has 88 valence electrons. The van der Waals surface area contributed by atoms with Gasteiger partial charge in [0.1, 0.15) is 6.61 Å². The fraction of sp³-hybridized carbons (Fsp3) is 0.846. The summed E-state index contributed by atoms with van der Waals surface area (Å²) >= 11 is 5.59. The zero-order chi connectivity index (χ0) is 11.2. The quantitative estimate of drug-likeness (QED) is 0.364. The second kappa shape index (κ2) is 13.8. The molecule has 0 bridgehead atoms. The van der Waals surface area contributed by atoms with Gasteiger partial charge in [0.05, 0.1) is 0 Å². The molecule has 2 heteroatoms. The standard InChI is InChI=1S/C13H23ClO/c14-12-10-8-6-4-2-1-3-5-7-9-11-13-15/h15H,1-8,10,12-13H2. The highest BCUT2D eigenvalue weighted by molar-refractivity contribution is 6.17. The molecule has 0 aromatic heterocycles. The van der Waals surface area contributed by atoms with Crippen LogP contribution in [0.3, 0.4) is 0 Å². The molecule has 0 amide bonds. The third-order valence-electron chi connectivity index (χ3n) is 2.39. The van der Waals surface area contributed by atoms with E-state index in [0.717, 1.165) is 18.7 Å². The van der Waals surface area contributed by atoms with Gasteiger partial charge in [0.15, 0.2) is 0 Å². The Morgan fingerprint density at radius 3 is 1.80 bits per heavy atom. The van der Waals surface area contributed by atoms with Crippen molar-refractivity contribution >= 4 is 11.6 Å². The summed E-state index contributed by atoms with van der Waals surface area (Å²) in [4.78, 5) is 0. The predicted molar refractivity (Wildman–Crippen MR) is 67.1 cm³/mol. The maximum absolute atomic E-state index is 8.43. The molecule has 1 nitrogen and oxygen atoms in total. The lowest BCUT2D eigenvalue weighted by atomic mass is 10.1. The second-order valence-electron chi connectivity index (χ2n) is 3.78. The SMILES string of the molecule is OCC#CCCCCCCCCCCCl. The lowest BCUT2D eigenvalue weighted by Crippen LogP contribution is -1.82. The lowest BCUT2D eigenvalue weighted by molar-refractivity contribution is 0.350. The Kier molecular flexibility index (Phi) is 13.6. The summed E-state index contributed by atoms with van der Waals surface area (Å²) in [5.41, 5.74) is 0. The van der Waals surface area contributed by atoms with E-state index in [0.29, 0.717) is 0 Å². The summed E-state index contributed by atoms with van der Waals surface area (Å²) in [5.74, 6) is 6.41. The van der Waals surface area contributed by atoms with Crippen molar-refractivity contribution in [1.29, 1.82) is 0 Å². The molecule has 0 saturated carbocycles. The van der Waals surface area contributed by atoms with Gasteiger partial charge in [-0.2, -0.15) is 0 Å². The van der Waals surface area contributed by atoms with E-state index in [1.165, 1.54) is 44.9 Å². The van der Waals surface area contributed by atoms with Gasteiger partial charge in [-0.1, -0.05) is 44.4 Å². The minimum Gasteiger partial charge on any atom is -0.384 e. The van der Waals surface area contributed by atoms with Crippen LogP contribution in [0.4, 0.5) is 0 Å². The van der Waals surface area contributed by atoms with Gasteiger partial charge in [0.2, 0.25) is 0 Å². The van der Waals surface area contributed by atoms with Gasteiger partial charge >= 0.3 is 0 Å². The fourth-order valence-electron chi connectivity index (χ4n) is 1.51. The van der Waals surface area contributed by atoms with Gasteiger partial charge in [0.25, 0.3) is 0 Å². The first-order valence-corrected chi connectivity index (χ1v) is 6.58. The summed E-state index contributed by atoms with van der Waals surface area (Å²) < 4.78 is 0. The Balaban J connectivity index is 2.92. The molecule has 0 saturated heterocycles. The van der Waals surface area contributed by atoms with Crippen LogP contribution in [-0.2, 0) is 0 Å². The molecule has 0 heterocycles. The molecular weight excluding hydrogens is 208 g/mol. The number of alkyl halides is 1. The average molecular weight is 231 g/mol. The molecule has 0 aromatic rings. The third-order valence-corrected chi connectivity index (χ3v) is 2.66. The number of unbranched alkanes of at least 4 members (excludes halogenated alkanes) is 8. The van der Waals surface area contributed by atoms with Gasteiger partial charge in [-0.15, -0.1) is 17.5 Å². The minimum atomic E-state index is 0.000567. The number of aliphatic hydroxyl groups excluding tert-OH is 1. The molecule has 0 fully saturated rings. The van der Waals surface area contributed by atoms with Gasteiger partial charge in [-0.05, 0) is 12.8 Å². The van der Waals surface area contributed by atoms with E-state index in [1.807, 2.05) is 0 Å². The van der Waals surface area contributed by atoms with Gasteiger partial charge in [-0.25, -0.2) is 0 Å². The van der Waals surface area contributed by atoms with Crippen molar-refractivity contribution in [3.63, 3.8) is 0 Å². The summed E-state index contributed by atoms with van der Waals surface area (Å²) in [5, 5.41) is 8.43. The van der Waals surface area contributed by atoms with Gasteiger partial charge < -0.3 is 5.11 Å². The van der Waals surface area contributed by atoms with Crippen LogP contribution in [0.15, 0.2) is 0 Å². The van der Waals surface area contributed by atoms with E-state index < -0.39 is 0 Å². The van der Waals surface area contributed by atoms with Crippen LogP contribution in [0, 0.1) is 11.8 Å². The highest BCUT2D eigenvalue weighted by Crippen LogP contribution is 2.09. The number of aliphatic hydroxyl groups is 1. The fourth-order valence-corrected chi connectivity index (χ4v) is 1.70. The smallest absolute Gasteiger partial charge is 0.104 e. The van der Waals surface area contributed by atoms with E-state index in [4.69, 9.17) is 16.7 Å². The Morgan fingerprint density at radius 2 is 1.27 bits per heavy atom. The van der Waals surface area contributed by atoms with Crippen LogP contribution in [0.25, 0.3) is 0 Å².